The molecule has 0 aromatic heterocycles. The van der Waals surface area contributed by atoms with Gasteiger partial charge in [0.05, 0.1) is 5.56 Å². The molecule has 0 N–H and O–H groups in total. The third-order valence-electron chi connectivity index (χ3n) is 3.21. The lowest BCUT2D eigenvalue weighted by molar-refractivity contribution is -0.137. The third-order valence-corrected chi connectivity index (χ3v) is 4.66. The summed E-state index contributed by atoms with van der Waals surface area (Å²) in [6.07, 6.45) is -1.57. The van der Waals surface area contributed by atoms with Crippen molar-refractivity contribution in [3.63, 3.8) is 0 Å². The monoisotopic (exact) mass is 438 g/mol. The number of rotatable bonds is 6. The van der Waals surface area contributed by atoms with Crippen LogP contribution >= 0.6 is 33.2 Å². The first-order valence-corrected chi connectivity index (χ1v) is 12.5. The standard InChI is InChI=1S/C17H12Cl3F3O2Si/c18-26(19,20)11-25-15-8-1-12(2-9-15)3-10-16(24)13-4-6-14(7-5-13)17(21,22)23/h1-10H,11H2. The lowest BCUT2D eigenvalue weighted by atomic mass is 10.1. The number of hydrogen-bond donors (Lipinski definition) is 0. The second-order valence-electron chi connectivity index (χ2n) is 5.25. The van der Waals surface area contributed by atoms with E-state index in [4.69, 9.17) is 38.0 Å². The highest BCUT2D eigenvalue weighted by Gasteiger charge is 2.30. The van der Waals surface area contributed by atoms with Crippen LogP contribution in [-0.4, -0.2) is 18.0 Å². The summed E-state index contributed by atoms with van der Waals surface area (Å²) in [5.41, 5.74) is 0.0807. The van der Waals surface area contributed by atoms with Crippen molar-refractivity contribution in [3.05, 3.63) is 71.3 Å². The number of allylic oxidation sites excluding steroid dienone is 1. The zero-order chi connectivity index (χ0) is 19.4. The number of carbonyl (C=O) groups excluding carboxylic acids is 1. The molecule has 26 heavy (non-hydrogen) atoms. The normalized spacial score (nSPS) is 12.4. The van der Waals surface area contributed by atoms with Crippen molar-refractivity contribution in [1.29, 1.82) is 0 Å². The Morgan fingerprint density at radius 3 is 2.08 bits per heavy atom. The van der Waals surface area contributed by atoms with Crippen molar-refractivity contribution in [2.45, 2.75) is 6.18 Å². The van der Waals surface area contributed by atoms with Crippen LogP contribution in [0.15, 0.2) is 54.6 Å². The fourth-order valence-electron chi connectivity index (χ4n) is 1.93. The van der Waals surface area contributed by atoms with Gasteiger partial charge in [-0.05, 0) is 35.9 Å². The first kappa shape index (κ1) is 20.8. The number of hydrogen-bond acceptors (Lipinski definition) is 2. The van der Waals surface area contributed by atoms with Gasteiger partial charge in [0.25, 0.3) is 0 Å². The molecule has 138 valence electrons. The fraction of sp³-hybridized carbons (Fsp3) is 0.118. The summed E-state index contributed by atoms with van der Waals surface area (Å²) in [6.45, 7) is 0. The minimum Gasteiger partial charge on any atom is -0.493 e. The lowest BCUT2D eigenvalue weighted by Crippen LogP contribution is -2.21. The zero-order valence-electron chi connectivity index (χ0n) is 13.1. The zero-order valence-corrected chi connectivity index (χ0v) is 16.3. The Morgan fingerprint density at radius 2 is 1.58 bits per heavy atom. The van der Waals surface area contributed by atoms with Gasteiger partial charge in [-0.15, -0.1) is 33.2 Å². The average Bonchev–Trinajstić information content (AvgIpc) is 2.57. The summed E-state index contributed by atoms with van der Waals surface area (Å²) in [4.78, 5) is 12.0. The van der Waals surface area contributed by atoms with Gasteiger partial charge in [0, 0.05) is 5.56 Å². The van der Waals surface area contributed by atoms with E-state index >= 15 is 0 Å². The molecule has 0 unspecified atom stereocenters. The minimum atomic E-state index is -4.43. The Labute approximate surface area is 163 Å². The molecule has 2 aromatic rings. The molecule has 0 amide bonds. The maximum atomic E-state index is 12.5. The number of halogens is 6. The molecule has 2 aromatic carbocycles. The van der Waals surface area contributed by atoms with Gasteiger partial charge >= 0.3 is 12.2 Å². The molecular weight excluding hydrogens is 428 g/mol. The van der Waals surface area contributed by atoms with Gasteiger partial charge in [-0.25, -0.2) is 0 Å². The second-order valence-corrected chi connectivity index (χ2v) is 14.3. The highest BCUT2D eigenvalue weighted by molar-refractivity contribution is 7.64. The Hall–Kier alpha value is -1.47. The van der Waals surface area contributed by atoms with Crippen LogP contribution in [-0.2, 0) is 6.18 Å². The van der Waals surface area contributed by atoms with E-state index in [-0.39, 0.29) is 11.8 Å². The molecule has 0 saturated carbocycles. The van der Waals surface area contributed by atoms with Crippen molar-refractivity contribution < 1.29 is 22.7 Å². The quantitative estimate of drug-likeness (QED) is 0.233. The van der Waals surface area contributed by atoms with Crippen LogP contribution in [0, 0.1) is 0 Å². The number of carbonyl (C=O) groups is 1. The van der Waals surface area contributed by atoms with Crippen molar-refractivity contribution >= 4 is 51.1 Å². The fourth-order valence-corrected chi connectivity index (χ4v) is 2.75. The van der Waals surface area contributed by atoms with Gasteiger partial charge in [-0.3, -0.25) is 4.79 Å². The summed E-state index contributed by atoms with van der Waals surface area (Å²) < 4.78 is 42.9. The van der Waals surface area contributed by atoms with E-state index in [0.29, 0.717) is 11.3 Å². The molecule has 0 heterocycles. The summed E-state index contributed by atoms with van der Waals surface area (Å²) in [5, 5.41) is 0. The largest absolute Gasteiger partial charge is 0.493 e. The summed E-state index contributed by atoms with van der Waals surface area (Å²) in [6, 6.07) is 7.89. The second kappa shape index (κ2) is 8.48. The van der Waals surface area contributed by atoms with E-state index in [1.807, 2.05) is 0 Å². The van der Waals surface area contributed by atoms with Crippen LogP contribution in [0.1, 0.15) is 21.5 Å². The van der Waals surface area contributed by atoms with Crippen LogP contribution in [0.5, 0.6) is 5.75 Å². The van der Waals surface area contributed by atoms with Crippen molar-refractivity contribution in [1.82, 2.24) is 0 Å². The van der Waals surface area contributed by atoms with E-state index < -0.39 is 23.5 Å². The van der Waals surface area contributed by atoms with Crippen molar-refractivity contribution in [2.75, 3.05) is 6.23 Å². The molecule has 0 aliphatic rings. The van der Waals surface area contributed by atoms with E-state index in [0.717, 1.165) is 24.3 Å². The van der Waals surface area contributed by atoms with Crippen molar-refractivity contribution in [2.24, 2.45) is 0 Å². The molecule has 0 radical (unpaired) electrons. The van der Waals surface area contributed by atoms with Crippen molar-refractivity contribution in [3.8, 4) is 5.75 Å². The van der Waals surface area contributed by atoms with Crippen LogP contribution in [0.4, 0.5) is 13.2 Å². The predicted molar refractivity (Wildman–Crippen MR) is 100 cm³/mol. The molecule has 2 nitrogen and oxygen atoms in total. The molecule has 0 aliphatic heterocycles. The van der Waals surface area contributed by atoms with E-state index in [2.05, 4.69) is 0 Å². The van der Waals surface area contributed by atoms with E-state index in [9.17, 15) is 18.0 Å². The highest BCUT2D eigenvalue weighted by Crippen LogP contribution is 2.29. The van der Waals surface area contributed by atoms with Gasteiger partial charge < -0.3 is 4.74 Å². The van der Waals surface area contributed by atoms with E-state index in [1.54, 1.807) is 30.3 Å². The Morgan fingerprint density at radius 1 is 1.00 bits per heavy atom. The average molecular weight is 440 g/mol. The molecule has 0 atom stereocenters. The maximum Gasteiger partial charge on any atom is 0.416 e. The maximum absolute atomic E-state index is 12.5. The number of benzene rings is 2. The van der Waals surface area contributed by atoms with Crippen LogP contribution in [0.3, 0.4) is 0 Å². The summed E-state index contributed by atoms with van der Waals surface area (Å²) in [7, 11) is 0. The number of ketones is 1. The Kier molecular flexibility index (Phi) is 6.79. The van der Waals surface area contributed by atoms with Crippen LogP contribution in [0.2, 0.25) is 0 Å². The number of ether oxygens (including phenoxy) is 1. The molecule has 2 rings (SSSR count). The lowest BCUT2D eigenvalue weighted by Gasteiger charge is -2.10. The first-order valence-electron chi connectivity index (χ1n) is 7.24. The number of alkyl halides is 3. The molecule has 0 saturated heterocycles. The molecule has 0 spiro atoms. The van der Waals surface area contributed by atoms with E-state index in [1.165, 1.54) is 6.08 Å². The first-order chi connectivity index (χ1) is 12.0. The predicted octanol–water partition coefficient (Wildman–Crippen LogP) is 6.17. The smallest absolute Gasteiger partial charge is 0.416 e. The Balaban J connectivity index is 1.99. The molecule has 9 heteroatoms. The highest BCUT2D eigenvalue weighted by atomic mass is 35.8. The van der Waals surface area contributed by atoms with Gasteiger partial charge in [0.2, 0.25) is 0 Å². The molecule has 0 aliphatic carbocycles. The Bertz CT molecular complexity index is 783. The summed E-state index contributed by atoms with van der Waals surface area (Å²) >= 11 is 17.2. The van der Waals surface area contributed by atoms with Gasteiger partial charge in [0.1, 0.15) is 12.0 Å². The summed E-state index contributed by atoms with van der Waals surface area (Å²) in [5.74, 6) is 0.122. The van der Waals surface area contributed by atoms with Crippen LogP contribution < -0.4 is 4.74 Å². The third kappa shape index (κ3) is 6.68. The van der Waals surface area contributed by atoms with Gasteiger partial charge in [-0.2, -0.15) is 13.2 Å². The minimum absolute atomic E-state index is 0.0270. The van der Waals surface area contributed by atoms with Crippen LogP contribution in [0.25, 0.3) is 6.08 Å². The van der Waals surface area contributed by atoms with Gasteiger partial charge in [0.15, 0.2) is 5.78 Å². The molecule has 0 bridgehead atoms. The SMILES string of the molecule is O=C(C=Cc1ccc(OC[Si](Cl)(Cl)Cl)cc1)c1ccc(C(F)(F)F)cc1. The topological polar surface area (TPSA) is 26.3 Å². The van der Waals surface area contributed by atoms with Gasteiger partial charge in [-0.1, -0.05) is 30.3 Å². The molecule has 0 fully saturated rings. The molecular formula is C17H12Cl3F3O2Si.